The van der Waals surface area contributed by atoms with E-state index in [2.05, 4.69) is 38.1 Å². The molecule has 0 radical (unpaired) electrons. The minimum absolute atomic E-state index is 0.127. The Balaban J connectivity index is 1.62. The third kappa shape index (κ3) is 3.58. The molecule has 2 aromatic rings. The number of hydrogen-bond acceptors (Lipinski definition) is 5. The molecule has 0 amide bonds. The second kappa shape index (κ2) is 7.46. The lowest BCUT2D eigenvalue weighted by Gasteiger charge is -2.36. The van der Waals surface area contributed by atoms with Crippen molar-refractivity contribution in [1.29, 1.82) is 0 Å². The zero-order valence-electron chi connectivity index (χ0n) is 16.8. The molecular formula is C23H27NO4. The Bertz CT molecular complexity index is 890. The van der Waals surface area contributed by atoms with Gasteiger partial charge in [0, 0.05) is 23.1 Å². The molecule has 0 saturated carbocycles. The lowest BCUT2D eigenvalue weighted by molar-refractivity contribution is 0.0826. The number of hydrogen-bond donors (Lipinski definition) is 0. The van der Waals surface area contributed by atoms with E-state index in [1.165, 1.54) is 11.1 Å². The third-order valence-electron chi connectivity index (χ3n) is 5.56. The van der Waals surface area contributed by atoms with Gasteiger partial charge in [-0.1, -0.05) is 19.1 Å². The first-order valence-electron chi connectivity index (χ1n) is 10.1. The van der Waals surface area contributed by atoms with Crippen LogP contribution in [0.2, 0.25) is 0 Å². The molecule has 0 fully saturated rings. The quantitative estimate of drug-likeness (QED) is 0.624. The van der Waals surface area contributed by atoms with Gasteiger partial charge in [0.05, 0.1) is 13.2 Å². The summed E-state index contributed by atoms with van der Waals surface area (Å²) in [6.07, 6.45) is 3.74. The van der Waals surface area contributed by atoms with Gasteiger partial charge in [-0.3, -0.25) is 0 Å². The van der Waals surface area contributed by atoms with Crippen molar-refractivity contribution in [2.75, 3.05) is 13.2 Å². The molecule has 2 aliphatic heterocycles. The summed E-state index contributed by atoms with van der Waals surface area (Å²) in [7, 11) is 0. The van der Waals surface area contributed by atoms with Gasteiger partial charge in [0.25, 0.3) is 0 Å². The molecule has 1 unspecified atom stereocenters. The van der Waals surface area contributed by atoms with Crippen LogP contribution in [0.1, 0.15) is 56.2 Å². The van der Waals surface area contributed by atoms with Gasteiger partial charge >= 0.3 is 0 Å². The van der Waals surface area contributed by atoms with Crippen molar-refractivity contribution in [2.24, 2.45) is 5.18 Å². The molecule has 0 bridgehead atoms. The van der Waals surface area contributed by atoms with Crippen molar-refractivity contribution in [3.05, 3.63) is 51.9 Å². The van der Waals surface area contributed by atoms with Gasteiger partial charge < -0.3 is 14.2 Å². The second-order valence-electron chi connectivity index (χ2n) is 8.27. The fourth-order valence-electron chi connectivity index (χ4n) is 4.07. The van der Waals surface area contributed by atoms with E-state index in [4.69, 9.17) is 14.2 Å². The van der Waals surface area contributed by atoms with Gasteiger partial charge in [0.2, 0.25) is 0 Å². The first-order chi connectivity index (χ1) is 13.5. The summed E-state index contributed by atoms with van der Waals surface area (Å²) < 4.78 is 18.3. The molecule has 5 heteroatoms. The summed E-state index contributed by atoms with van der Waals surface area (Å²) in [6, 6.07) is 9.63. The van der Waals surface area contributed by atoms with Crippen LogP contribution in [-0.2, 0) is 12.8 Å². The predicted molar refractivity (Wildman–Crippen MR) is 109 cm³/mol. The van der Waals surface area contributed by atoms with E-state index < -0.39 is 0 Å². The largest absolute Gasteiger partial charge is 0.493 e. The molecule has 28 heavy (non-hydrogen) atoms. The predicted octanol–water partition coefficient (Wildman–Crippen LogP) is 5.70. The van der Waals surface area contributed by atoms with Gasteiger partial charge in [0.15, 0.2) is 0 Å². The molecule has 0 saturated heterocycles. The Morgan fingerprint density at radius 2 is 2.11 bits per heavy atom. The fourth-order valence-corrected chi connectivity index (χ4v) is 4.07. The van der Waals surface area contributed by atoms with Crippen molar-refractivity contribution in [3.63, 3.8) is 0 Å². The van der Waals surface area contributed by atoms with Crippen LogP contribution >= 0.6 is 0 Å². The number of fused-ring (bicyclic) bond motifs is 3. The van der Waals surface area contributed by atoms with Crippen molar-refractivity contribution >= 4 is 5.69 Å². The lowest BCUT2D eigenvalue weighted by atomic mass is 9.86. The molecule has 0 N–H and O–H groups in total. The number of nitroso groups, excluding NO2 is 1. The summed E-state index contributed by atoms with van der Waals surface area (Å²) >= 11 is 0. The molecule has 4 rings (SSSR count). The molecule has 148 valence electrons. The SMILES string of the molecule is CCCOc1cc(N=O)ccc1C1COc2c(ccc3c2CCC(C)(C)O3)C1. The van der Waals surface area contributed by atoms with E-state index in [0.717, 1.165) is 48.5 Å². The van der Waals surface area contributed by atoms with Crippen molar-refractivity contribution in [3.8, 4) is 17.2 Å². The van der Waals surface area contributed by atoms with Crippen LogP contribution in [-0.4, -0.2) is 18.8 Å². The third-order valence-corrected chi connectivity index (χ3v) is 5.56. The van der Waals surface area contributed by atoms with Gasteiger partial charge in [-0.05, 0) is 62.4 Å². The van der Waals surface area contributed by atoms with Crippen LogP contribution in [0.15, 0.2) is 35.5 Å². The minimum atomic E-state index is -0.127. The van der Waals surface area contributed by atoms with Crippen molar-refractivity contribution in [2.45, 2.75) is 58.0 Å². The average molecular weight is 381 g/mol. The maximum absolute atomic E-state index is 10.9. The van der Waals surface area contributed by atoms with E-state index in [0.29, 0.717) is 18.9 Å². The first-order valence-corrected chi connectivity index (χ1v) is 10.1. The van der Waals surface area contributed by atoms with Gasteiger partial charge in [-0.25, -0.2) is 0 Å². The molecule has 2 aromatic carbocycles. The molecule has 0 aromatic heterocycles. The fraction of sp³-hybridized carbons (Fsp3) is 0.478. The summed E-state index contributed by atoms with van der Waals surface area (Å²) in [6.45, 7) is 7.52. The highest BCUT2D eigenvalue weighted by molar-refractivity contribution is 5.55. The van der Waals surface area contributed by atoms with Crippen LogP contribution in [0, 0.1) is 4.91 Å². The molecule has 1 atom stereocenters. The van der Waals surface area contributed by atoms with E-state index >= 15 is 0 Å². The molecule has 2 heterocycles. The highest BCUT2D eigenvalue weighted by Crippen LogP contribution is 2.45. The molecule has 0 aliphatic carbocycles. The Hall–Kier alpha value is -2.56. The van der Waals surface area contributed by atoms with E-state index in [9.17, 15) is 4.91 Å². The topological polar surface area (TPSA) is 57.1 Å². The monoisotopic (exact) mass is 381 g/mol. The van der Waals surface area contributed by atoms with Crippen molar-refractivity contribution in [1.82, 2.24) is 0 Å². The molecule has 5 nitrogen and oxygen atoms in total. The number of rotatable bonds is 5. The van der Waals surface area contributed by atoms with Crippen LogP contribution in [0.3, 0.4) is 0 Å². The van der Waals surface area contributed by atoms with Crippen LogP contribution in [0.4, 0.5) is 5.69 Å². The van der Waals surface area contributed by atoms with E-state index in [1.807, 2.05) is 6.07 Å². The minimum Gasteiger partial charge on any atom is -0.493 e. The summed E-state index contributed by atoms with van der Waals surface area (Å²) in [5.41, 5.74) is 3.73. The number of nitrogens with zero attached hydrogens (tertiary/aromatic N) is 1. The lowest BCUT2D eigenvalue weighted by Crippen LogP contribution is -2.33. The molecule has 0 spiro atoms. The second-order valence-corrected chi connectivity index (χ2v) is 8.27. The standard InChI is InChI=1S/C23H27NO4/c1-4-11-26-21-13-17(24-25)6-7-18(21)16-12-15-5-8-20-19(22(15)27-14-16)9-10-23(2,3)28-20/h5-8,13,16H,4,9-12,14H2,1-3H3. The number of ether oxygens (including phenoxy) is 3. The Morgan fingerprint density at radius 1 is 1.25 bits per heavy atom. The van der Waals surface area contributed by atoms with Crippen LogP contribution < -0.4 is 14.2 Å². The highest BCUT2D eigenvalue weighted by Gasteiger charge is 2.32. The Labute approximate surface area is 166 Å². The zero-order valence-corrected chi connectivity index (χ0v) is 16.8. The Morgan fingerprint density at radius 3 is 2.89 bits per heavy atom. The van der Waals surface area contributed by atoms with Crippen molar-refractivity contribution < 1.29 is 14.2 Å². The maximum atomic E-state index is 10.9. The smallest absolute Gasteiger partial charge is 0.129 e. The van der Waals surface area contributed by atoms with Gasteiger partial charge in [-0.2, -0.15) is 0 Å². The molecule has 2 aliphatic rings. The average Bonchev–Trinajstić information content (AvgIpc) is 2.70. The summed E-state index contributed by atoms with van der Waals surface area (Å²) in [5.74, 6) is 2.85. The van der Waals surface area contributed by atoms with Gasteiger partial charge in [0.1, 0.15) is 28.5 Å². The van der Waals surface area contributed by atoms with Gasteiger partial charge in [-0.15, -0.1) is 4.91 Å². The zero-order chi connectivity index (χ0) is 19.7. The van der Waals surface area contributed by atoms with Crippen LogP contribution in [0.5, 0.6) is 17.2 Å². The van der Waals surface area contributed by atoms with E-state index in [-0.39, 0.29) is 11.5 Å². The number of benzene rings is 2. The van der Waals surface area contributed by atoms with E-state index in [1.54, 1.807) is 12.1 Å². The Kier molecular flexibility index (Phi) is 5.00. The highest BCUT2D eigenvalue weighted by atomic mass is 16.5. The summed E-state index contributed by atoms with van der Waals surface area (Å²) in [5, 5.41) is 3.05. The normalized spacial score (nSPS) is 19.6. The first kappa shape index (κ1) is 18.8. The molecular weight excluding hydrogens is 354 g/mol. The summed E-state index contributed by atoms with van der Waals surface area (Å²) in [4.78, 5) is 10.9. The van der Waals surface area contributed by atoms with Crippen LogP contribution in [0.25, 0.3) is 0 Å². The maximum Gasteiger partial charge on any atom is 0.129 e.